The summed E-state index contributed by atoms with van der Waals surface area (Å²) in [4.78, 5) is 42.4. The minimum Gasteiger partial charge on any atom is -0.492 e. The molecule has 0 saturated heterocycles. The molecule has 0 spiro atoms. The van der Waals surface area contributed by atoms with Crippen molar-refractivity contribution >= 4 is 17.1 Å². The number of halogens is 1. The van der Waals surface area contributed by atoms with E-state index in [1.807, 2.05) is 0 Å². The molecule has 0 saturated carbocycles. The Hall–Kier alpha value is -3.43. The number of hydrogen-bond donors (Lipinski definition) is 0. The Kier molecular flexibility index (Phi) is 5.30. The molecule has 1 aromatic carbocycles. The molecule has 2 heterocycles. The topological polar surface area (TPSA) is 91.4 Å². The number of hydrogen-bond acceptors (Lipinski definition) is 5. The first-order valence-corrected chi connectivity index (χ1v) is 8.52. The lowest BCUT2D eigenvalue weighted by atomic mass is 10.3. The Morgan fingerprint density at radius 2 is 1.86 bits per heavy atom. The molecule has 3 rings (SSSR count). The van der Waals surface area contributed by atoms with Crippen molar-refractivity contribution in [2.24, 2.45) is 14.1 Å². The van der Waals surface area contributed by atoms with Gasteiger partial charge in [0.05, 0.1) is 12.9 Å². The summed E-state index contributed by atoms with van der Waals surface area (Å²) in [5.74, 6) is -0.0963. The zero-order chi connectivity index (χ0) is 20.4. The van der Waals surface area contributed by atoms with Gasteiger partial charge in [0.1, 0.15) is 24.7 Å². The molecule has 0 atom stereocenters. The molecule has 0 aliphatic carbocycles. The van der Waals surface area contributed by atoms with Gasteiger partial charge in [0.2, 0.25) is 5.91 Å². The molecule has 3 aromatic rings. The lowest BCUT2D eigenvalue weighted by Crippen LogP contribution is -2.38. The lowest BCUT2D eigenvalue weighted by molar-refractivity contribution is -0.130. The van der Waals surface area contributed by atoms with Gasteiger partial charge in [0.15, 0.2) is 11.2 Å². The van der Waals surface area contributed by atoms with E-state index < -0.39 is 11.2 Å². The van der Waals surface area contributed by atoms with Gasteiger partial charge in [0, 0.05) is 21.1 Å². The Morgan fingerprint density at radius 3 is 2.54 bits per heavy atom. The van der Waals surface area contributed by atoms with Crippen molar-refractivity contribution in [3.05, 3.63) is 57.2 Å². The SMILES string of the molecule is CN(CCOc1ccc(F)cc1)C(=O)Cn1cnc2c1c(=O)n(C)c(=O)n2C. The zero-order valence-electron chi connectivity index (χ0n) is 15.8. The maximum Gasteiger partial charge on any atom is 0.332 e. The van der Waals surface area contributed by atoms with Gasteiger partial charge < -0.3 is 14.2 Å². The monoisotopic (exact) mass is 389 g/mol. The van der Waals surface area contributed by atoms with Crippen LogP contribution >= 0.6 is 0 Å². The van der Waals surface area contributed by atoms with Gasteiger partial charge in [-0.2, -0.15) is 0 Å². The van der Waals surface area contributed by atoms with Crippen LogP contribution in [-0.2, 0) is 25.4 Å². The smallest absolute Gasteiger partial charge is 0.332 e. The molecular formula is C18H20FN5O4. The van der Waals surface area contributed by atoms with Crippen molar-refractivity contribution < 1.29 is 13.9 Å². The number of amides is 1. The number of carbonyl (C=O) groups excluding carboxylic acids is 1. The van der Waals surface area contributed by atoms with Gasteiger partial charge in [-0.1, -0.05) is 0 Å². The van der Waals surface area contributed by atoms with E-state index in [2.05, 4.69) is 4.98 Å². The predicted molar refractivity (Wildman–Crippen MR) is 99.7 cm³/mol. The van der Waals surface area contributed by atoms with Gasteiger partial charge in [0.25, 0.3) is 5.56 Å². The summed E-state index contributed by atoms with van der Waals surface area (Å²) >= 11 is 0. The highest BCUT2D eigenvalue weighted by molar-refractivity contribution is 5.78. The molecule has 0 N–H and O–H groups in total. The fourth-order valence-electron chi connectivity index (χ4n) is 2.74. The van der Waals surface area contributed by atoms with Crippen LogP contribution in [0.3, 0.4) is 0 Å². The zero-order valence-corrected chi connectivity index (χ0v) is 15.8. The van der Waals surface area contributed by atoms with Crippen molar-refractivity contribution in [2.45, 2.75) is 6.54 Å². The second kappa shape index (κ2) is 7.67. The second-order valence-electron chi connectivity index (χ2n) is 6.37. The van der Waals surface area contributed by atoms with Crippen LogP contribution in [0.15, 0.2) is 40.2 Å². The van der Waals surface area contributed by atoms with Crippen molar-refractivity contribution in [1.29, 1.82) is 0 Å². The molecule has 0 bridgehead atoms. The Labute approximate surface area is 159 Å². The highest BCUT2D eigenvalue weighted by atomic mass is 19.1. The van der Waals surface area contributed by atoms with Crippen LogP contribution in [0.4, 0.5) is 4.39 Å². The van der Waals surface area contributed by atoms with E-state index in [-0.39, 0.29) is 36.0 Å². The number of benzene rings is 1. The third kappa shape index (κ3) is 3.66. The minimum absolute atomic E-state index is 0.100. The first kappa shape index (κ1) is 19.3. The summed E-state index contributed by atoms with van der Waals surface area (Å²) in [6.07, 6.45) is 1.37. The minimum atomic E-state index is -0.509. The molecule has 9 nitrogen and oxygen atoms in total. The number of fused-ring (bicyclic) bond motifs is 1. The van der Waals surface area contributed by atoms with Crippen molar-refractivity contribution in [3.8, 4) is 5.75 Å². The van der Waals surface area contributed by atoms with Gasteiger partial charge in [-0.05, 0) is 24.3 Å². The normalized spacial score (nSPS) is 11.0. The van der Waals surface area contributed by atoms with Crippen LogP contribution in [0.25, 0.3) is 11.2 Å². The van der Waals surface area contributed by atoms with Crippen molar-refractivity contribution in [3.63, 3.8) is 0 Å². The molecule has 148 valence electrons. The second-order valence-corrected chi connectivity index (χ2v) is 6.37. The molecule has 0 aliphatic heterocycles. The molecule has 10 heteroatoms. The van der Waals surface area contributed by atoms with Crippen LogP contribution in [0.1, 0.15) is 0 Å². The summed E-state index contributed by atoms with van der Waals surface area (Å²) in [5.41, 5.74) is -0.577. The molecule has 1 amide bonds. The summed E-state index contributed by atoms with van der Waals surface area (Å²) in [6.45, 7) is 0.436. The van der Waals surface area contributed by atoms with Gasteiger partial charge in [-0.15, -0.1) is 0 Å². The van der Waals surface area contributed by atoms with Crippen molar-refractivity contribution in [2.75, 3.05) is 20.2 Å². The molecule has 0 radical (unpaired) electrons. The fourth-order valence-corrected chi connectivity index (χ4v) is 2.74. The van der Waals surface area contributed by atoms with E-state index in [1.165, 1.54) is 58.7 Å². The highest BCUT2D eigenvalue weighted by Gasteiger charge is 2.17. The first-order valence-electron chi connectivity index (χ1n) is 8.52. The van der Waals surface area contributed by atoms with Gasteiger partial charge in [-0.3, -0.25) is 18.7 Å². The van der Waals surface area contributed by atoms with E-state index in [1.54, 1.807) is 7.05 Å². The summed E-state index contributed by atoms with van der Waals surface area (Å²) < 4.78 is 22.0. The quantitative estimate of drug-likeness (QED) is 0.597. The van der Waals surface area contributed by atoms with Crippen LogP contribution in [0.5, 0.6) is 5.75 Å². The van der Waals surface area contributed by atoms with E-state index in [0.29, 0.717) is 12.3 Å². The molecule has 2 aromatic heterocycles. The Bertz CT molecular complexity index is 1130. The summed E-state index contributed by atoms with van der Waals surface area (Å²) in [5, 5.41) is 0. The number of carbonyl (C=O) groups is 1. The number of imidazole rings is 1. The number of rotatable bonds is 6. The Balaban J connectivity index is 1.68. The molecule has 0 unspecified atom stereocenters. The van der Waals surface area contributed by atoms with Gasteiger partial charge in [-0.25, -0.2) is 14.2 Å². The van der Waals surface area contributed by atoms with Crippen LogP contribution < -0.4 is 16.0 Å². The average Bonchev–Trinajstić information content (AvgIpc) is 3.09. The molecule has 0 fully saturated rings. The van der Waals surface area contributed by atoms with Gasteiger partial charge >= 0.3 is 5.69 Å². The molecular weight excluding hydrogens is 369 g/mol. The van der Waals surface area contributed by atoms with Crippen LogP contribution in [0.2, 0.25) is 0 Å². The number of aryl methyl sites for hydroxylation is 1. The highest BCUT2D eigenvalue weighted by Crippen LogP contribution is 2.11. The van der Waals surface area contributed by atoms with Crippen LogP contribution in [0, 0.1) is 5.82 Å². The van der Waals surface area contributed by atoms with E-state index in [9.17, 15) is 18.8 Å². The maximum atomic E-state index is 12.9. The molecule has 0 aliphatic rings. The van der Waals surface area contributed by atoms with Crippen LogP contribution in [-0.4, -0.2) is 49.7 Å². The number of likely N-dealkylation sites (N-methyl/N-ethyl adjacent to an activating group) is 1. The van der Waals surface area contributed by atoms with E-state index in [4.69, 9.17) is 4.74 Å². The van der Waals surface area contributed by atoms with E-state index >= 15 is 0 Å². The Morgan fingerprint density at radius 1 is 1.18 bits per heavy atom. The maximum absolute atomic E-state index is 12.9. The first-order chi connectivity index (χ1) is 13.3. The number of nitrogens with zero attached hydrogens (tertiary/aromatic N) is 5. The van der Waals surface area contributed by atoms with E-state index in [0.717, 1.165) is 4.57 Å². The average molecular weight is 389 g/mol. The predicted octanol–water partition coefficient (Wildman–Crippen LogP) is 0.110. The number of aromatic nitrogens is 4. The van der Waals surface area contributed by atoms with Crippen molar-refractivity contribution in [1.82, 2.24) is 23.6 Å². The third-order valence-electron chi connectivity index (χ3n) is 4.46. The summed E-state index contributed by atoms with van der Waals surface area (Å²) in [7, 11) is 4.51. The molecule has 28 heavy (non-hydrogen) atoms. The fraction of sp³-hybridized carbons (Fsp3) is 0.333. The summed E-state index contributed by atoms with van der Waals surface area (Å²) in [6, 6.07) is 5.61. The standard InChI is InChI=1S/C18H20FN5O4/c1-21(8-9-28-13-6-4-12(19)5-7-13)14(25)10-24-11-20-16-15(24)17(26)23(3)18(27)22(16)2/h4-7,11H,8-10H2,1-3H3. The lowest BCUT2D eigenvalue weighted by Gasteiger charge is -2.18. The number of ether oxygens (including phenoxy) is 1. The third-order valence-corrected chi connectivity index (χ3v) is 4.46. The largest absolute Gasteiger partial charge is 0.492 e.